The quantitative estimate of drug-likeness (QED) is 0.779. The van der Waals surface area contributed by atoms with Gasteiger partial charge in [0.2, 0.25) is 5.91 Å². The zero-order chi connectivity index (χ0) is 21.5. The van der Waals surface area contributed by atoms with E-state index in [4.69, 9.17) is 0 Å². The van der Waals surface area contributed by atoms with E-state index in [0.29, 0.717) is 18.0 Å². The highest BCUT2D eigenvalue weighted by atomic mass is 19.1. The summed E-state index contributed by atoms with van der Waals surface area (Å²) in [5.74, 6) is 6.06. The van der Waals surface area contributed by atoms with E-state index in [0.717, 1.165) is 11.1 Å². The van der Waals surface area contributed by atoms with Gasteiger partial charge in [0.05, 0.1) is 18.7 Å². The lowest BCUT2D eigenvalue weighted by atomic mass is 9.73. The van der Waals surface area contributed by atoms with Crippen LogP contribution >= 0.6 is 0 Å². The van der Waals surface area contributed by atoms with Gasteiger partial charge in [0.15, 0.2) is 0 Å². The Morgan fingerprint density at radius 1 is 1.10 bits per heavy atom. The van der Waals surface area contributed by atoms with E-state index >= 15 is 0 Å². The molecular weight excluding hydrogens is 395 g/mol. The first-order chi connectivity index (χ1) is 15.0. The van der Waals surface area contributed by atoms with Crippen LogP contribution < -0.4 is 0 Å². The van der Waals surface area contributed by atoms with Crippen LogP contribution in [0.2, 0.25) is 0 Å². The summed E-state index contributed by atoms with van der Waals surface area (Å²) in [6, 6.07) is 12.9. The van der Waals surface area contributed by atoms with E-state index in [-0.39, 0.29) is 43.0 Å². The van der Waals surface area contributed by atoms with Crippen molar-refractivity contribution in [2.45, 2.75) is 30.8 Å². The molecule has 0 unspecified atom stereocenters. The molecule has 2 aromatic carbocycles. The number of aliphatic hydroxyl groups is 1. The van der Waals surface area contributed by atoms with Crippen molar-refractivity contribution in [3.8, 4) is 11.8 Å². The molecular formula is C25H23FN2O3. The zero-order valence-electron chi connectivity index (χ0n) is 17.0. The Labute approximate surface area is 180 Å². The van der Waals surface area contributed by atoms with E-state index in [1.165, 1.54) is 42.0 Å². The number of benzene rings is 2. The number of hydrogen-bond acceptors (Lipinski definition) is 3. The Kier molecular flexibility index (Phi) is 4.99. The van der Waals surface area contributed by atoms with Crippen LogP contribution in [0.4, 0.5) is 4.39 Å². The lowest BCUT2D eigenvalue weighted by Crippen LogP contribution is -2.73. The lowest BCUT2D eigenvalue weighted by molar-refractivity contribution is -0.159. The molecule has 2 amide bonds. The summed E-state index contributed by atoms with van der Waals surface area (Å²) in [4.78, 5) is 28.9. The largest absolute Gasteiger partial charge is 0.394 e. The number of nitrogens with zero attached hydrogens (tertiary/aromatic N) is 2. The molecule has 3 aliphatic rings. The van der Waals surface area contributed by atoms with Crippen LogP contribution in [-0.2, 0) is 4.79 Å². The average molecular weight is 418 g/mol. The molecule has 3 fully saturated rings. The maximum absolute atomic E-state index is 13.2. The molecule has 5 nitrogen and oxygen atoms in total. The van der Waals surface area contributed by atoms with Gasteiger partial charge >= 0.3 is 0 Å². The molecule has 2 heterocycles. The second-order valence-electron chi connectivity index (χ2n) is 8.50. The maximum atomic E-state index is 13.2. The van der Waals surface area contributed by atoms with Gasteiger partial charge in [-0.05, 0) is 54.8 Å². The summed E-state index contributed by atoms with van der Waals surface area (Å²) < 4.78 is 13.2. The highest BCUT2D eigenvalue weighted by Gasteiger charge is 2.54. The third-order valence-electron chi connectivity index (χ3n) is 6.42. The summed E-state index contributed by atoms with van der Waals surface area (Å²) in [5, 5.41) is 9.93. The predicted molar refractivity (Wildman–Crippen MR) is 113 cm³/mol. The molecule has 3 atom stereocenters. The standard InChI is InChI=1S/C25H23FN2O3/c26-20-11-9-19(10-12-20)25(31)27-13-21-24(22(15-29)28(21)23(30)14-27)18-7-5-17(6-8-18)4-3-16-1-2-16/h5-12,16,21-22,24,29H,1-2,13-15H2/t21-,22+,24+/m1/s1. The van der Waals surface area contributed by atoms with Crippen molar-refractivity contribution in [2.24, 2.45) is 5.92 Å². The first kappa shape index (κ1) is 19.8. The molecule has 0 bridgehead atoms. The summed E-state index contributed by atoms with van der Waals surface area (Å²) >= 11 is 0. The molecule has 1 saturated carbocycles. The van der Waals surface area contributed by atoms with Gasteiger partial charge in [-0.15, -0.1) is 0 Å². The third kappa shape index (κ3) is 3.70. The number of fused-ring (bicyclic) bond motifs is 1. The van der Waals surface area contributed by atoms with Crippen molar-refractivity contribution < 1.29 is 19.1 Å². The van der Waals surface area contributed by atoms with E-state index in [9.17, 15) is 19.1 Å². The molecule has 0 aromatic heterocycles. The number of carbonyl (C=O) groups is 2. The van der Waals surface area contributed by atoms with Gasteiger partial charge < -0.3 is 14.9 Å². The van der Waals surface area contributed by atoms with Crippen molar-refractivity contribution in [1.82, 2.24) is 9.80 Å². The molecule has 6 heteroatoms. The van der Waals surface area contributed by atoms with Gasteiger partial charge in [0.1, 0.15) is 12.4 Å². The van der Waals surface area contributed by atoms with Crippen LogP contribution in [0.25, 0.3) is 0 Å². The minimum atomic E-state index is -0.410. The molecule has 1 N–H and O–H groups in total. The van der Waals surface area contributed by atoms with Crippen molar-refractivity contribution in [3.05, 3.63) is 71.0 Å². The Morgan fingerprint density at radius 3 is 2.45 bits per heavy atom. The topological polar surface area (TPSA) is 60.9 Å². The Morgan fingerprint density at radius 2 is 1.81 bits per heavy atom. The SMILES string of the molecule is O=C(c1ccc(F)cc1)N1CC(=O)N2[C@H](C1)[C@H](c1ccc(C#CC3CC3)cc1)[C@@H]2CO. The second-order valence-corrected chi connectivity index (χ2v) is 8.50. The minimum absolute atomic E-state index is 0.0361. The lowest BCUT2D eigenvalue weighted by Gasteiger charge is -2.58. The van der Waals surface area contributed by atoms with Crippen LogP contribution in [0.15, 0.2) is 48.5 Å². The highest BCUT2D eigenvalue weighted by molar-refractivity contribution is 5.97. The smallest absolute Gasteiger partial charge is 0.254 e. The van der Waals surface area contributed by atoms with Crippen LogP contribution in [0.5, 0.6) is 0 Å². The van der Waals surface area contributed by atoms with Gasteiger partial charge in [0, 0.05) is 29.5 Å². The molecule has 0 spiro atoms. The Bertz CT molecular complexity index is 1070. The van der Waals surface area contributed by atoms with Crippen molar-refractivity contribution >= 4 is 11.8 Å². The van der Waals surface area contributed by atoms with E-state index in [2.05, 4.69) is 11.8 Å². The number of hydrogen-bond donors (Lipinski definition) is 1. The fourth-order valence-electron chi connectivity index (χ4n) is 4.63. The van der Waals surface area contributed by atoms with E-state index < -0.39 is 5.82 Å². The molecule has 2 aromatic rings. The summed E-state index contributed by atoms with van der Waals surface area (Å²) in [6.07, 6.45) is 2.37. The molecule has 2 saturated heterocycles. The first-order valence-corrected chi connectivity index (χ1v) is 10.6. The number of amides is 2. The number of piperazine rings is 1. The zero-order valence-corrected chi connectivity index (χ0v) is 17.0. The molecule has 2 aliphatic heterocycles. The van der Waals surface area contributed by atoms with Crippen LogP contribution in [0.1, 0.15) is 40.2 Å². The van der Waals surface area contributed by atoms with Gasteiger partial charge in [0.25, 0.3) is 5.91 Å². The predicted octanol–water partition coefficient (Wildman–Crippen LogP) is 2.40. The third-order valence-corrected chi connectivity index (χ3v) is 6.42. The van der Waals surface area contributed by atoms with E-state index in [1.807, 2.05) is 24.3 Å². The van der Waals surface area contributed by atoms with Crippen molar-refractivity contribution in [3.63, 3.8) is 0 Å². The van der Waals surface area contributed by atoms with Gasteiger partial charge in [-0.3, -0.25) is 9.59 Å². The fourth-order valence-corrected chi connectivity index (χ4v) is 4.63. The molecule has 0 radical (unpaired) electrons. The summed E-state index contributed by atoms with van der Waals surface area (Å²) in [5.41, 5.74) is 2.34. The molecule has 31 heavy (non-hydrogen) atoms. The minimum Gasteiger partial charge on any atom is -0.394 e. The number of carbonyl (C=O) groups excluding carboxylic acids is 2. The number of rotatable bonds is 3. The molecule has 158 valence electrons. The van der Waals surface area contributed by atoms with Gasteiger partial charge in [-0.25, -0.2) is 4.39 Å². The first-order valence-electron chi connectivity index (χ1n) is 10.6. The monoisotopic (exact) mass is 418 g/mol. The average Bonchev–Trinajstić information content (AvgIpc) is 3.59. The van der Waals surface area contributed by atoms with Gasteiger partial charge in [-0.1, -0.05) is 24.0 Å². The maximum Gasteiger partial charge on any atom is 0.254 e. The van der Waals surface area contributed by atoms with Crippen LogP contribution in [0, 0.1) is 23.6 Å². The highest BCUT2D eigenvalue weighted by Crippen LogP contribution is 2.43. The van der Waals surface area contributed by atoms with Gasteiger partial charge in [-0.2, -0.15) is 0 Å². The molecule has 1 aliphatic carbocycles. The second kappa shape index (κ2) is 7.82. The van der Waals surface area contributed by atoms with E-state index in [1.54, 1.807) is 4.90 Å². The summed E-state index contributed by atoms with van der Waals surface area (Å²) in [6.45, 7) is 0.222. The van der Waals surface area contributed by atoms with Crippen LogP contribution in [0.3, 0.4) is 0 Å². The Balaban J connectivity index is 1.35. The van der Waals surface area contributed by atoms with Crippen molar-refractivity contribution in [2.75, 3.05) is 19.7 Å². The molecule has 5 rings (SSSR count). The fraction of sp³-hybridized carbons (Fsp3) is 0.360. The van der Waals surface area contributed by atoms with Crippen LogP contribution in [-0.4, -0.2) is 58.5 Å². The summed E-state index contributed by atoms with van der Waals surface area (Å²) in [7, 11) is 0. The normalized spacial score (nSPS) is 24.7. The van der Waals surface area contributed by atoms with Crippen molar-refractivity contribution in [1.29, 1.82) is 0 Å². The Hall–Kier alpha value is -3.17. The number of halogens is 1. The number of aliphatic hydroxyl groups excluding tert-OH is 1.